The van der Waals surface area contributed by atoms with Crippen LogP contribution >= 0.6 is 23.2 Å². The molecule has 4 amide bonds. The molecule has 0 aromatic heterocycles. The van der Waals surface area contributed by atoms with Gasteiger partial charge in [0.1, 0.15) is 17.0 Å². The van der Waals surface area contributed by atoms with E-state index in [0.29, 0.717) is 19.6 Å². The van der Waals surface area contributed by atoms with Crippen molar-refractivity contribution in [3.63, 3.8) is 0 Å². The Morgan fingerprint density at radius 2 is 1.73 bits per heavy atom. The fraction of sp³-hybridized carbons (Fsp3) is 0.576. The first kappa shape index (κ1) is 34.9. The topological polar surface area (TPSA) is 111 Å². The number of carbonyl (C=O) groups is 4. The van der Waals surface area contributed by atoms with Gasteiger partial charge in [-0.1, -0.05) is 56.6 Å². The predicted molar refractivity (Wildman–Crippen MR) is 173 cm³/mol. The maximum atomic E-state index is 15.6. The third kappa shape index (κ3) is 8.07. The fourth-order valence-corrected chi connectivity index (χ4v) is 6.62. The van der Waals surface area contributed by atoms with Crippen molar-refractivity contribution in [3.8, 4) is 0 Å². The van der Waals surface area contributed by atoms with E-state index in [9.17, 15) is 19.2 Å². The first-order valence-corrected chi connectivity index (χ1v) is 16.2. The number of benzene rings is 1. The van der Waals surface area contributed by atoms with Crippen molar-refractivity contribution in [2.24, 2.45) is 5.41 Å². The van der Waals surface area contributed by atoms with Crippen LogP contribution in [0.2, 0.25) is 0 Å². The normalized spacial score (nSPS) is 24.5. The second-order valence-corrected chi connectivity index (χ2v) is 14.5. The van der Waals surface area contributed by atoms with E-state index < -0.39 is 34.4 Å². The summed E-state index contributed by atoms with van der Waals surface area (Å²) in [5.74, 6) is -1.51. The number of halogens is 3. The molecule has 3 atom stereocenters. The van der Waals surface area contributed by atoms with Gasteiger partial charge in [-0.25, -0.2) is 4.39 Å². The van der Waals surface area contributed by atoms with Crippen molar-refractivity contribution in [2.75, 3.05) is 26.7 Å². The molecular formula is C33H44Cl2FN5O4. The Bertz CT molecular complexity index is 1380. The molecule has 0 radical (unpaired) electrons. The second kappa shape index (κ2) is 13.8. The number of hydrogen-bond acceptors (Lipinski definition) is 5. The Labute approximate surface area is 274 Å². The second-order valence-electron chi connectivity index (χ2n) is 13.7. The number of alkyl halides is 2. The van der Waals surface area contributed by atoms with Crippen LogP contribution in [0.25, 0.3) is 0 Å². The van der Waals surface area contributed by atoms with Crippen LogP contribution in [-0.4, -0.2) is 82.7 Å². The summed E-state index contributed by atoms with van der Waals surface area (Å²) in [5.41, 5.74) is -1.78. The first-order chi connectivity index (χ1) is 21.0. The SMILES string of the molecule is CN(CC(C)(C)C)C(=O)CCC(=O)N1Cc2ccccc2C[C@H]1C(=O)NC1(C(=O)NC2=CC=C(Cl)C(Cl)C2(C)F)CCNCC1. The minimum Gasteiger partial charge on any atom is -0.345 e. The van der Waals surface area contributed by atoms with Crippen LogP contribution in [0.15, 0.2) is 47.1 Å². The van der Waals surface area contributed by atoms with Crippen LogP contribution in [0.3, 0.4) is 0 Å². The van der Waals surface area contributed by atoms with Crippen molar-refractivity contribution in [1.29, 1.82) is 0 Å². The van der Waals surface area contributed by atoms with E-state index in [1.54, 1.807) is 11.9 Å². The lowest BCUT2D eigenvalue weighted by molar-refractivity contribution is -0.145. The molecule has 0 spiro atoms. The first-order valence-electron chi connectivity index (χ1n) is 15.4. The van der Waals surface area contributed by atoms with Gasteiger partial charge in [-0.15, -0.1) is 11.6 Å². The minimum atomic E-state index is -2.14. The van der Waals surface area contributed by atoms with Crippen molar-refractivity contribution >= 4 is 46.8 Å². The van der Waals surface area contributed by atoms with Crippen LogP contribution in [0, 0.1) is 5.41 Å². The molecule has 1 aromatic carbocycles. The number of nitrogens with one attached hydrogen (secondary N) is 3. The molecule has 1 aliphatic carbocycles. The third-order valence-electron chi connectivity index (χ3n) is 8.72. The highest BCUT2D eigenvalue weighted by molar-refractivity contribution is 6.38. The van der Waals surface area contributed by atoms with Crippen LogP contribution in [-0.2, 0) is 32.1 Å². The van der Waals surface area contributed by atoms with Crippen LogP contribution in [0.1, 0.15) is 64.5 Å². The average Bonchev–Trinajstić information content (AvgIpc) is 2.99. The Balaban J connectivity index is 1.54. The quantitative estimate of drug-likeness (QED) is 0.365. The monoisotopic (exact) mass is 663 g/mol. The summed E-state index contributed by atoms with van der Waals surface area (Å²) >= 11 is 12.3. The molecule has 2 heterocycles. The van der Waals surface area contributed by atoms with E-state index >= 15 is 4.39 Å². The number of fused-ring (bicyclic) bond motifs is 1. The molecule has 2 unspecified atom stereocenters. The summed E-state index contributed by atoms with van der Waals surface area (Å²) in [7, 11) is 1.72. The molecule has 3 N–H and O–H groups in total. The number of carbonyl (C=O) groups excluding carboxylic acids is 4. The maximum Gasteiger partial charge on any atom is 0.250 e. The number of hydrogen-bond donors (Lipinski definition) is 3. The highest BCUT2D eigenvalue weighted by atomic mass is 35.5. The van der Waals surface area contributed by atoms with E-state index in [2.05, 4.69) is 16.0 Å². The molecule has 4 rings (SSSR count). The van der Waals surface area contributed by atoms with Crippen molar-refractivity contribution in [1.82, 2.24) is 25.8 Å². The standard InChI is InChI=1S/C33H44Cl2FN5O4/c1-31(2,3)20-40(5)26(42)12-13-27(43)41-19-22-9-7-6-8-21(22)18-24(41)29(44)39-33(14-16-37-17-15-33)30(45)38-25-11-10-23(34)28(35)32(25,4)36/h6-11,24,28,37H,12-20H2,1-5H3,(H,38,45)(H,39,44)/t24-,28?,32?/m0/s1. The third-order valence-corrected chi connectivity index (χ3v) is 9.82. The number of rotatable bonds is 8. The molecule has 0 saturated carbocycles. The smallest absolute Gasteiger partial charge is 0.250 e. The summed E-state index contributed by atoms with van der Waals surface area (Å²) in [4.78, 5) is 57.6. The van der Waals surface area contributed by atoms with Gasteiger partial charge in [-0.3, -0.25) is 19.2 Å². The van der Waals surface area contributed by atoms with Crippen LogP contribution < -0.4 is 16.0 Å². The zero-order valence-electron chi connectivity index (χ0n) is 26.6. The van der Waals surface area contributed by atoms with Crippen LogP contribution in [0.4, 0.5) is 4.39 Å². The Morgan fingerprint density at radius 1 is 1.09 bits per heavy atom. The molecule has 0 bridgehead atoms. The molecule has 12 heteroatoms. The fourth-order valence-electron chi connectivity index (χ4n) is 6.16. The molecule has 2 aliphatic heterocycles. The Kier molecular flexibility index (Phi) is 10.7. The van der Waals surface area contributed by atoms with Crippen molar-refractivity contribution in [2.45, 2.75) is 89.0 Å². The van der Waals surface area contributed by atoms with E-state index in [1.807, 2.05) is 45.0 Å². The van der Waals surface area contributed by atoms with Gasteiger partial charge in [-0.05, 0) is 61.5 Å². The van der Waals surface area contributed by atoms with E-state index in [-0.39, 0.29) is 66.6 Å². The van der Waals surface area contributed by atoms with Gasteiger partial charge in [0.05, 0.1) is 5.70 Å². The number of nitrogens with zero attached hydrogens (tertiary/aromatic N) is 2. The number of amides is 4. The summed E-state index contributed by atoms with van der Waals surface area (Å²) in [6.07, 6.45) is 3.57. The van der Waals surface area contributed by atoms with Crippen LogP contribution in [0.5, 0.6) is 0 Å². The zero-order valence-corrected chi connectivity index (χ0v) is 28.2. The van der Waals surface area contributed by atoms with Gasteiger partial charge in [0.2, 0.25) is 23.6 Å². The molecular weight excluding hydrogens is 620 g/mol. The van der Waals surface area contributed by atoms with Gasteiger partial charge in [0.25, 0.3) is 0 Å². The molecule has 1 fully saturated rings. The largest absolute Gasteiger partial charge is 0.345 e. The van der Waals surface area contributed by atoms with E-state index in [1.165, 1.54) is 24.0 Å². The summed E-state index contributed by atoms with van der Waals surface area (Å²) in [5, 5.41) is 7.80. The van der Waals surface area contributed by atoms with Gasteiger partial charge < -0.3 is 25.8 Å². The van der Waals surface area contributed by atoms with Crippen molar-refractivity contribution in [3.05, 3.63) is 58.3 Å². The Morgan fingerprint density at radius 3 is 2.38 bits per heavy atom. The highest BCUT2D eigenvalue weighted by Gasteiger charge is 2.47. The number of piperidine rings is 1. The molecule has 3 aliphatic rings. The minimum absolute atomic E-state index is 0.0209. The average molecular weight is 665 g/mol. The molecule has 45 heavy (non-hydrogen) atoms. The molecule has 9 nitrogen and oxygen atoms in total. The lowest BCUT2D eigenvalue weighted by Crippen LogP contribution is -2.66. The van der Waals surface area contributed by atoms with Gasteiger partial charge in [0.15, 0.2) is 5.67 Å². The van der Waals surface area contributed by atoms with E-state index in [4.69, 9.17) is 23.2 Å². The van der Waals surface area contributed by atoms with E-state index in [0.717, 1.165) is 11.1 Å². The zero-order chi connectivity index (χ0) is 33.2. The lowest BCUT2D eigenvalue weighted by Gasteiger charge is -2.42. The molecule has 1 aromatic rings. The highest BCUT2D eigenvalue weighted by Crippen LogP contribution is 2.38. The predicted octanol–water partition coefficient (Wildman–Crippen LogP) is 3.94. The summed E-state index contributed by atoms with van der Waals surface area (Å²) in [6, 6.07) is 6.71. The maximum absolute atomic E-state index is 15.6. The Hall–Kier alpha value is -2.95. The lowest BCUT2D eigenvalue weighted by atomic mass is 9.85. The van der Waals surface area contributed by atoms with Crippen molar-refractivity contribution < 1.29 is 23.6 Å². The number of allylic oxidation sites excluding steroid dienone is 4. The molecule has 1 saturated heterocycles. The van der Waals surface area contributed by atoms with Gasteiger partial charge in [-0.2, -0.15) is 0 Å². The molecule has 246 valence electrons. The summed E-state index contributed by atoms with van der Waals surface area (Å²) in [6.45, 7) is 9.01. The van der Waals surface area contributed by atoms with Gasteiger partial charge >= 0.3 is 0 Å². The van der Waals surface area contributed by atoms with Gasteiger partial charge in [0, 0.05) is 44.4 Å². The summed E-state index contributed by atoms with van der Waals surface area (Å²) < 4.78 is 15.6.